The molecule has 0 unspecified atom stereocenters. The van der Waals surface area contributed by atoms with Gasteiger partial charge < -0.3 is 4.42 Å². The van der Waals surface area contributed by atoms with Crippen molar-refractivity contribution in [1.29, 1.82) is 0 Å². The molecule has 0 bridgehead atoms. The maximum atomic E-state index is 5.18. The lowest BCUT2D eigenvalue weighted by atomic mass is 10.3. The Bertz CT molecular complexity index is 250. The first-order chi connectivity index (χ1) is 4.74. The largest absolute Gasteiger partial charge is 0.452 e. The van der Waals surface area contributed by atoms with Crippen molar-refractivity contribution in [1.82, 2.24) is 0 Å². The number of rotatable bonds is 1. The van der Waals surface area contributed by atoms with Crippen LogP contribution < -0.4 is 0 Å². The molecule has 0 aromatic carbocycles. The summed E-state index contributed by atoms with van der Waals surface area (Å²) >= 11 is 6.48. The molecule has 1 aromatic rings. The molecular weight excluding hydrogens is 260 g/mol. The molecule has 0 saturated heterocycles. The maximum Gasteiger partial charge on any atom is 0.183 e. The van der Waals surface area contributed by atoms with Gasteiger partial charge in [0.1, 0.15) is 5.76 Å². The molecule has 1 aromatic heterocycles. The van der Waals surface area contributed by atoms with Gasteiger partial charge in [-0.15, -0.1) is 6.42 Å². The lowest BCUT2D eigenvalue weighted by molar-refractivity contribution is 0.500. The maximum absolute atomic E-state index is 5.18. The van der Waals surface area contributed by atoms with Crippen LogP contribution in [0.1, 0.15) is 5.76 Å². The summed E-state index contributed by atoms with van der Waals surface area (Å²) < 4.78 is 6.78. The summed E-state index contributed by atoms with van der Waals surface area (Å²) in [7, 11) is 0. The van der Waals surface area contributed by atoms with Crippen LogP contribution >= 0.6 is 31.9 Å². The van der Waals surface area contributed by atoms with E-state index >= 15 is 0 Å². The standard InChI is InChI=1S/C7H4Br2O/c1-2-3-5-4-6(8)7(9)10-5/h1,4H,3H2. The molecule has 0 spiro atoms. The molecule has 1 rings (SSSR count). The normalized spacial score (nSPS) is 9.30. The average molecular weight is 264 g/mol. The number of terminal acetylenes is 1. The van der Waals surface area contributed by atoms with Gasteiger partial charge >= 0.3 is 0 Å². The van der Waals surface area contributed by atoms with Gasteiger partial charge in [0.15, 0.2) is 4.67 Å². The van der Waals surface area contributed by atoms with E-state index in [9.17, 15) is 0 Å². The minimum Gasteiger partial charge on any atom is -0.452 e. The molecule has 52 valence electrons. The topological polar surface area (TPSA) is 13.1 Å². The first-order valence-electron chi connectivity index (χ1n) is 2.61. The van der Waals surface area contributed by atoms with E-state index in [4.69, 9.17) is 10.8 Å². The Morgan fingerprint density at radius 3 is 2.70 bits per heavy atom. The molecule has 1 nitrogen and oxygen atoms in total. The Labute approximate surface area is 76.1 Å². The van der Waals surface area contributed by atoms with Crippen LogP contribution in [-0.2, 0) is 6.42 Å². The third-order valence-corrected chi connectivity index (χ3v) is 2.68. The van der Waals surface area contributed by atoms with Crippen molar-refractivity contribution in [3.05, 3.63) is 21.0 Å². The second-order valence-electron chi connectivity index (χ2n) is 1.72. The van der Waals surface area contributed by atoms with E-state index in [1.807, 2.05) is 6.07 Å². The molecule has 0 amide bonds. The van der Waals surface area contributed by atoms with E-state index in [0.29, 0.717) is 11.1 Å². The van der Waals surface area contributed by atoms with Crippen LogP contribution in [0.25, 0.3) is 0 Å². The molecule has 0 N–H and O–H groups in total. The second kappa shape index (κ2) is 3.27. The zero-order valence-corrected chi connectivity index (χ0v) is 8.20. The molecule has 0 aliphatic heterocycles. The summed E-state index contributed by atoms with van der Waals surface area (Å²) in [5, 5.41) is 0. The lowest BCUT2D eigenvalue weighted by Gasteiger charge is -1.81. The summed E-state index contributed by atoms with van der Waals surface area (Å²) in [6.07, 6.45) is 5.61. The van der Waals surface area contributed by atoms with Crippen LogP contribution in [0.2, 0.25) is 0 Å². The van der Waals surface area contributed by atoms with Crippen molar-refractivity contribution in [2.24, 2.45) is 0 Å². The summed E-state index contributed by atoms with van der Waals surface area (Å²) in [5.74, 6) is 3.28. The van der Waals surface area contributed by atoms with Gasteiger partial charge in [0.2, 0.25) is 0 Å². The third-order valence-electron chi connectivity index (χ3n) is 0.972. The zero-order chi connectivity index (χ0) is 7.56. The highest BCUT2D eigenvalue weighted by molar-refractivity contribution is 9.13. The Morgan fingerprint density at radius 1 is 1.60 bits per heavy atom. The number of hydrogen-bond donors (Lipinski definition) is 0. The third kappa shape index (κ3) is 1.65. The van der Waals surface area contributed by atoms with Crippen LogP contribution in [0.5, 0.6) is 0 Å². The van der Waals surface area contributed by atoms with Crippen LogP contribution in [0.15, 0.2) is 19.6 Å². The van der Waals surface area contributed by atoms with Gasteiger partial charge in [0.05, 0.1) is 10.9 Å². The Morgan fingerprint density at radius 2 is 2.30 bits per heavy atom. The highest BCUT2D eigenvalue weighted by Crippen LogP contribution is 2.26. The van der Waals surface area contributed by atoms with E-state index in [0.717, 1.165) is 10.2 Å². The van der Waals surface area contributed by atoms with Gasteiger partial charge in [0, 0.05) is 0 Å². The average Bonchev–Trinajstić information content (AvgIpc) is 2.14. The highest BCUT2D eigenvalue weighted by Gasteiger charge is 2.03. The SMILES string of the molecule is C#CCc1cc(Br)c(Br)o1. The summed E-state index contributed by atoms with van der Waals surface area (Å²) in [5.41, 5.74) is 0. The smallest absolute Gasteiger partial charge is 0.183 e. The predicted molar refractivity (Wildman–Crippen MR) is 46.6 cm³/mol. The van der Waals surface area contributed by atoms with Gasteiger partial charge in [-0.1, -0.05) is 5.92 Å². The monoisotopic (exact) mass is 262 g/mol. The molecule has 0 aliphatic carbocycles. The fourth-order valence-corrected chi connectivity index (χ4v) is 1.24. The first-order valence-corrected chi connectivity index (χ1v) is 4.20. The summed E-state index contributed by atoms with van der Waals surface area (Å²) in [6.45, 7) is 0. The van der Waals surface area contributed by atoms with Gasteiger partial charge in [0.25, 0.3) is 0 Å². The van der Waals surface area contributed by atoms with Gasteiger partial charge in [-0.25, -0.2) is 0 Å². The minimum atomic E-state index is 0.532. The van der Waals surface area contributed by atoms with Gasteiger partial charge in [-0.3, -0.25) is 0 Å². The van der Waals surface area contributed by atoms with Crippen molar-refractivity contribution in [2.45, 2.75) is 6.42 Å². The van der Waals surface area contributed by atoms with E-state index in [1.165, 1.54) is 0 Å². The number of furan rings is 1. The quantitative estimate of drug-likeness (QED) is 0.710. The molecule has 3 heteroatoms. The van der Waals surface area contributed by atoms with E-state index in [2.05, 4.69) is 37.8 Å². The van der Waals surface area contributed by atoms with Crippen LogP contribution in [0.3, 0.4) is 0 Å². The fraction of sp³-hybridized carbons (Fsp3) is 0.143. The van der Waals surface area contributed by atoms with Crippen molar-refractivity contribution in [2.75, 3.05) is 0 Å². The summed E-state index contributed by atoms with van der Waals surface area (Å²) in [4.78, 5) is 0. The second-order valence-corrected chi connectivity index (χ2v) is 3.29. The predicted octanol–water partition coefficient (Wildman–Crippen LogP) is 2.98. The molecular formula is C7H4Br2O. The summed E-state index contributed by atoms with van der Waals surface area (Å²) in [6, 6.07) is 1.85. The van der Waals surface area contributed by atoms with Crippen molar-refractivity contribution in [3.63, 3.8) is 0 Å². The van der Waals surface area contributed by atoms with Gasteiger partial charge in [-0.05, 0) is 37.9 Å². The van der Waals surface area contributed by atoms with Crippen molar-refractivity contribution < 1.29 is 4.42 Å². The molecule has 0 aliphatic rings. The Hall–Kier alpha value is -0.200. The van der Waals surface area contributed by atoms with Crippen molar-refractivity contribution >= 4 is 31.9 Å². The minimum absolute atomic E-state index is 0.532. The van der Waals surface area contributed by atoms with E-state index < -0.39 is 0 Å². The molecule has 0 radical (unpaired) electrons. The van der Waals surface area contributed by atoms with Crippen LogP contribution in [0.4, 0.5) is 0 Å². The van der Waals surface area contributed by atoms with E-state index in [1.54, 1.807) is 0 Å². The van der Waals surface area contributed by atoms with E-state index in [-0.39, 0.29) is 0 Å². The first kappa shape index (κ1) is 7.90. The molecule has 0 fully saturated rings. The van der Waals surface area contributed by atoms with Crippen LogP contribution in [0, 0.1) is 12.3 Å². The zero-order valence-electron chi connectivity index (χ0n) is 5.03. The fourth-order valence-electron chi connectivity index (χ4n) is 0.579. The van der Waals surface area contributed by atoms with Crippen molar-refractivity contribution in [3.8, 4) is 12.3 Å². The Kier molecular flexibility index (Phi) is 2.58. The van der Waals surface area contributed by atoms with Gasteiger partial charge in [-0.2, -0.15) is 0 Å². The molecule has 1 heterocycles. The highest BCUT2D eigenvalue weighted by atomic mass is 79.9. The molecule has 0 saturated carbocycles. The Balaban J connectivity index is 2.90. The lowest BCUT2D eigenvalue weighted by Crippen LogP contribution is -1.71. The van der Waals surface area contributed by atoms with Crippen LogP contribution in [-0.4, -0.2) is 0 Å². The number of hydrogen-bond acceptors (Lipinski definition) is 1. The molecule has 0 atom stereocenters. The molecule has 10 heavy (non-hydrogen) atoms. The number of halogens is 2.